The quantitative estimate of drug-likeness (QED) is 0.367. The molecule has 4 aromatic rings. The van der Waals surface area contributed by atoms with Crippen LogP contribution >= 0.6 is 0 Å². The summed E-state index contributed by atoms with van der Waals surface area (Å²) in [4.78, 5) is 32.8. The Morgan fingerprint density at radius 2 is 1.74 bits per heavy atom. The van der Waals surface area contributed by atoms with Crippen molar-refractivity contribution in [3.05, 3.63) is 94.8 Å². The molecule has 1 aliphatic carbocycles. The van der Waals surface area contributed by atoms with Crippen molar-refractivity contribution < 1.29 is 14.3 Å². The summed E-state index contributed by atoms with van der Waals surface area (Å²) < 4.78 is 6.79. The third-order valence-electron chi connectivity index (χ3n) is 7.75. The van der Waals surface area contributed by atoms with Crippen LogP contribution in [0.1, 0.15) is 75.6 Å². The molecule has 1 saturated heterocycles. The molecular formula is C30H31N5O3. The Morgan fingerprint density at radius 1 is 0.974 bits per heavy atom. The Labute approximate surface area is 221 Å². The number of hydrogen-bond acceptors (Lipinski definition) is 6. The number of rotatable bonds is 6. The van der Waals surface area contributed by atoms with Crippen LogP contribution < -0.4 is 5.32 Å². The fourth-order valence-corrected chi connectivity index (χ4v) is 5.76. The Morgan fingerprint density at radius 3 is 2.53 bits per heavy atom. The van der Waals surface area contributed by atoms with Gasteiger partial charge in [0.1, 0.15) is 16.9 Å². The van der Waals surface area contributed by atoms with Gasteiger partial charge < -0.3 is 15.0 Å². The van der Waals surface area contributed by atoms with Gasteiger partial charge in [0.15, 0.2) is 5.65 Å². The third kappa shape index (κ3) is 4.40. The van der Waals surface area contributed by atoms with Crippen molar-refractivity contribution in [3.63, 3.8) is 0 Å². The number of piperidine rings is 1. The summed E-state index contributed by atoms with van der Waals surface area (Å²) in [6.07, 6.45) is 6.75. The molecule has 2 aromatic carbocycles. The van der Waals surface area contributed by atoms with E-state index < -0.39 is 5.97 Å². The summed E-state index contributed by atoms with van der Waals surface area (Å²) in [6.45, 7) is 3.37. The third-order valence-corrected chi connectivity index (χ3v) is 7.75. The van der Waals surface area contributed by atoms with Crippen LogP contribution in [0.25, 0.3) is 5.65 Å². The Hall–Kier alpha value is -4.20. The maximum absolute atomic E-state index is 13.9. The average Bonchev–Trinajstić information content (AvgIpc) is 3.58. The highest BCUT2D eigenvalue weighted by Gasteiger charge is 2.30. The lowest BCUT2D eigenvalue weighted by Crippen LogP contribution is -2.38. The van der Waals surface area contributed by atoms with E-state index in [4.69, 9.17) is 4.74 Å². The first kappa shape index (κ1) is 24.2. The van der Waals surface area contributed by atoms with Crippen LogP contribution in [0.15, 0.2) is 67.0 Å². The fourth-order valence-electron chi connectivity index (χ4n) is 5.76. The molecule has 1 aliphatic heterocycles. The molecule has 2 aromatic heterocycles. The van der Waals surface area contributed by atoms with Crippen molar-refractivity contribution >= 4 is 23.3 Å². The number of aryl methyl sites for hydroxylation is 1. The molecular weight excluding hydrogens is 478 g/mol. The summed E-state index contributed by atoms with van der Waals surface area (Å²) in [5, 5.41) is 8.09. The first-order valence-electron chi connectivity index (χ1n) is 13.4. The molecule has 38 heavy (non-hydrogen) atoms. The first-order chi connectivity index (χ1) is 18.6. The van der Waals surface area contributed by atoms with Gasteiger partial charge in [0, 0.05) is 19.3 Å². The second-order valence-electron chi connectivity index (χ2n) is 9.95. The monoisotopic (exact) mass is 509 g/mol. The highest BCUT2D eigenvalue weighted by atomic mass is 16.5. The number of benzene rings is 2. The van der Waals surface area contributed by atoms with Gasteiger partial charge in [-0.2, -0.15) is 9.61 Å². The van der Waals surface area contributed by atoms with Crippen LogP contribution in [-0.2, 0) is 11.2 Å². The van der Waals surface area contributed by atoms with Gasteiger partial charge in [-0.1, -0.05) is 54.6 Å². The van der Waals surface area contributed by atoms with E-state index in [1.807, 2.05) is 17.0 Å². The molecule has 1 unspecified atom stereocenters. The number of likely N-dealkylation sites (tertiary alicyclic amines) is 1. The normalized spacial score (nSPS) is 17.4. The van der Waals surface area contributed by atoms with Crippen LogP contribution in [0.5, 0.6) is 0 Å². The highest BCUT2D eigenvalue weighted by molar-refractivity contribution is 6.00. The Bertz CT molecular complexity index is 1470. The number of fused-ring (bicyclic) bond motifs is 2. The molecule has 8 nitrogen and oxygen atoms in total. The zero-order valence-corrected chi connectivity index (χ0v) is 21.5. The average molecular weight is 510 g/mol. The van der Waals surface area contributed by atoms with E-state index in [-0.39, 0.29) is 24.1 Å². The van der Waals surface area contributed by atoms with Gasteiger partial charge in [-0.05, 0) is 55.2 Å². The maximum atomic E-state index is 13.9. The zero-order chi connectivity index (χ0) is 26.1. The molecule has 1 N–H and O–H groups in total. The van der Waals surface area contributed by atoms with E-state index in [1.165, 1.54) is 22.9 Å². The van der Waals surface area contributed by atoms with Crippen molar-refractivity contribution in [1.82, 2.24) is 19.5 Å². The van der Waals surface area contributed by atoms with Gasteiger partial charge in [-0.15, -0.1) is 0 Å². The topological polar surface area (TPSA) is 88.8 Å². The lowest BCUT2D eigenvalue weighted by atomic mass is 9.89. The summed E-state index contributed by atoms with van der Waals surface area (Å²) in [6, 6.07) is 18.9. The van der Waals surface area contributed by atoms with E-state index in [0.29, 0.717) is 36.0 Å². The van der Waals surface area contributed by atoms with E-state index in [1.54, 1.807) is 17.6 Å². The molecule has 1 amide bonds. The molecule has 0 radical (unpaired) electrons. The minimum atomic E-state index is -0.478. The molecule has 1 atom stereocenters. The van der Waals surface area contributed by atoms with Crippen molar-refractivity contribution in [1.29, 1.82) is 0 Å². The van der Waals surface area contributed by atoms with E-state index in [0.717, 1.165) is 25.7 Å². The van der Waals surface area contributed by atoms with Gasteiger partial charge in [-0.3, -0.25) is 4.79 Å². The summed E-state index contributed by atoms with van der Waals surface area (Å²) >= 11 is 0. The van der Waals surface area contributed by atoms with Crippen LogP contribution in [0.4, 0.5) is 5.82 Å². The number of aromatic nitrogens is 3. The predicted octanol–water partition coefficient (Wildman–Crippen LogP) is 5.03. The number of carbonyl (C=O) groups is 2. The second-order valence-corrected chi connectivity index (χ2v) is 9.95. The number of carbonyl (C=O) groups excluding carboxylic acids is 2. The SMILES string of the molecule is CCOC(=O)c1cnn2c(NC3CCc4ccccc43)c(C(=O)N3CCC(c4ccccc4)CC3)cnc12. The Kier molecular flexibility index (Phi) is 6.54. The number of ether oxygens (including phenoxy) is 1. The maximum Gasteiger partial charge on any atom is 0.343 e. The smallest absolute Gasteiger partial charge is 0.343 e. The molecule has 6 rings (SSSR count). The highest BCUT2D eigenvalue weighted by Crippen LogP contribution is 2.35. The number of esters is 1. The number of nitrogens with zero attached hydrogens (tertiary/aromatic N) is 4. The number of nitrogens with one attached hydrogen (secondary N) is 1. The van der Waals surface area contributed by atoms with E-state index >= 15 is 0 Å². The molecule has 3 heterocycles. The zero-order valence-electron chi connectivity index (χ0n) is 21.5. The summed E-state index contributed by atoms with van der Waals surface area (Å²) in [5.41, 5.74) is 4.96. The standard InChI is InChI=1S/C30H31N5O3/c1-2-38-30(37)25-19-32-35-27(25)31-18-24(28(35)33-26-13-12-22-10-6-7-11-23(22)26)29(36)34-16-14-21(15-17-34)20-8-4-3-5-9-20/h3-11,18-19,21,26,33H,2,12-17H2,1H3. The fraction of sp³-hybridized carbons (Fsp3) is 0.333. The van der Waals surface area contributed by atoms with E-state index in [9.17, 15) is 9.59 Å². The van der Waals surface area contributed by atoms with Gasteiger partial charge >= 0.3 is 5.97 Å². The summed E-state index contributed by atoms with van der Waals surface area (Å²) in [7, 11) is 0. The molecule has 2 aliphatic rings. The summed E-state index contributed by atoms with van der Waals surface area (Å²) in [5.74, 6) is 0.455. The van der Waals surface area contributed by atoms with Crippen molar-refractivity contribution in [2.45, 2.75) is 44.6 Å². The van der Waals surface area contributed by atoms with Crippen molar-refractivity contribution in [2.75, 3.05) is 25.0 Å². The van der Waals surface area contributed by atoms with Crippen LogP contribution in [0.2, 0.25) is 0 Å². The van der Waals surface area contributed by atoms with Crippen LogP contribution in [-0.4, -0.2) is 51.1 Å². The number of amides is 1. The molecule has 0 bridgehead atoms. The molecule has 194 valence electrons. The number of anilines is 1. The van der Waals surface area contributed by atoms with Gasteiger partial charge in [0.25, 0.3) is 5.91 Å². The molecule has 8 heteroatoms. The van der Waals surface area contributed by atoms with Crippen LogP contribution in [0, 0.1) is 0 Å². The molecule has 0 saturated carbocycles. The van der Waals surface area contributed by atoms with E-state index in [2.05, 4.69) is 57.9 Å². The second kappa shape index (κ2) is 10.3. The lowest BCUT2D eigenvalue weighted by molar-refractivity contribution is 0.0528. The Balaban J connectivity index is 1.32. The lowest BCUT2D eigenvalue weighted by Gasteiger charge is -2.33. The number of hydrogen-bond donors (Lipinski definition) is 1. The minimum Gasteiger partial charge on any atom is -0.462 e. The minimum absolute atomic E-state index is 0.0300. The molecule has 0 spiro atoms. The van der Waals surface area contributed by atoms with Gasteiger partial charge in [0.05, 0.1) is 18.8 Å². The van der Waals surface area contributed by atoms with Gasteiger partial charge in [-0.25, -0.2) is 9.78 Å². The first-order valence-corrected chi connectivity index (χ1v) is 13.4. The molecule has 1 fully saturated rings. The largest absolute Gasteiger partial charge is 0.462 e. The van der Waals surface area contributed by atoms with Gasteiger partial charge in [0.2, 0.25) is 0 Å². The van der Waals surface area contributed by atoms with Crippen molar-refractivity contribution in [3.8, 4) is 0 Å². The predicted molar refractivity (Wildman–Crippen MR) is 144 cm³/mol. The van der Waals surface area contributed by atoms with Crippen LogP contribution in [0.3, 0.4) is 0 Å². The van der Waals surface area contributed by atoms with Crippen molar-refractivity contribution in [2.24, 2.45) is 0 Å².